The van der Waals surface area contributed by atoms with Crippen LogP contribution in [0.1, 0.15) is 10.4 Å². The molecule has 2 aromatic rings. The molecule has 4 heteroatoms. The number of thiophene rings is 1. The van der Waals surface area contributed by atoms with E-state index in [2.05, 4.69) is 38.5 Å². The van der Waals surface area contributed by atoms with Gasteiger partial charge in [0.05, 0.1) is 2.88 Å². The first kappa shape index (κ1) is 9.61. The van der Waals surface area contributed by atoms with Gasteiger partial charge in [0.2, 0.25) is 0 Å². The summed E-state index contributed by atoms with van der Waals surface area (Å²) in [6.07, 6.45) is 0.871. The fourth-order valence-corrected chi connectivity index (χ4v) is 3.63. The molecular formula is C9H4BrIOS. The van der Waals surface area contributed by atoms with Crippen LogP contribution in [0.15, 0.2) is 22.7 Å². The first-order chi connectivity index (χ1) is 6.22. The topological polar surface area (TPSA) is 17.1 Å². The number of halogens is 2. The monoisotopic (exact) mass is 366 g/mol. The highest BCUT2D eigenvalue weighted by atomic mass is 127. The highest BCUT2D eigenvalue weighted by Crippen LogP contribution is 2.36. The van der Waals surface area contributed by atoms with Crippen molar-refractivity contribution in [3.63, 3.8) is 0 Å². The van der Waals surface area contributed by atoms with Gasteiger partial charge >= 0.3 is 0 Å². The molecule has 0 radical (unpaired) electrons. The zero-order valence-corrected chi connectivity index (χ0v) is 10.9. The van der Waals surface area contributed by atoms with Crippen LogP contribution in [-0.4, -0.2) is 6.29 Å². The summed E-state index contributed by atoms with van der Waals surface area (Å²) in [6.45, 7) is 0. The van der Waals surface area contributed by atoms with Crippen molar-refractivity contribution < 1.29 is 4.79 Å². The minimum atomic E-state index is 0.724. The van der Waals surface area contributed by atoms with E-state index < -0.39 is 0 Å². The molecule has 0 amide bonds. The maximum absolute atomic E-state index is 10.6. The van der Waals surface area contributed by atoms with Crippen molar-refractivity contribution in [3.8, 4) is 0 Å². The van der Waals surface area contributed by atoms with Crippen molar-refractivity contribution in [1.82, 2.24) is 0 Å². The van der Waals surface area contributed by atoms with Crippen molar-refractivity contribution in [1.29, 1.82) is 0 Å². The molecule has 0 aliphatic rings. The number of carbonyl (C=O) groups is 1. The fraction of sp³-hybridized carbons (Fsp3) is 0. The summed E-state index contributed by atoms with van der Waals surface area (Å²) in [5, 5.41) is 1.12. The smallest absolute Gasteiger partial charge is 0.150 e. The van der Waals surface area contributed by atoms with E-state index in [1.807, 2.05) is 18.2 Å². The highest BCUT2D eigenvalue weighted by molar-refractivity contribution is 14.1. The van der Waals surface area contributed by atoms with E-state index in [0.29, 0.717) is 0 Å². The van der Waals surface area contributed by atoms with E-state index in [-0.39, 0.29) is 0 Å². The number of fused-ring (bicyclic) bond motifs is 1. The molecule has 0 spiro atoms. The Morgan fingerprint density at radius 2 is 2.23 bits per heavy atom. The third kappa shape index (κ3) is 1.67. The van der Waals surface area contributed by atoms with Gasteiger partial charge in [0.25, 0.3) is 0 Å². The van der Waals surface area contributed by atoms with E-state index in [0.717, 1.165) is 21.7 Å². The largest absolute Gasteiger partial charge is 0.298 e. The standard InChI is InChI=1S/C9H4BrIOS/c10-8-6-3-5(4-12)1-2-7(6)13-9(8)11/h1-4H. The lowest BCUT2D eigenvalue weighted by molar-refractivity contribution is 0.112. The Bertz CT molecular complexity index is 478. The van der Waals surface area contributed by atoms with Crippen molar-refractivity contribution in [2.45, 2.75) is 0 Å². The van der Waals surface area contributed by atoms with E-state index >= 15 is 0 Å². The van der Waals surface area contributed by atoms with Crippen molar-refractivity contribution in [2.75, 3.05) is 0 Å². The predicted molar refractivity (Wildman–Crippen MR) is 67.6 cm³/mol. The Hall–Kier alpha value is 0.0600. The van der Waals surface area contributed by atoms with E-state index in [4.69, 9.17) is 0 Å². The average Bonchev–Trinajstić information content (AvgIpc) is 2.43. The molecule has 1 heterocycles. The Morgan fingerprint density at radius 3 is 2.92 bits per heavy atom. The molecule has 0 N–H and O–H groups in total. The molecule has 0 saturated heterocycles. The third-order valence-corrected chi connectivity index (χ3v) is 5.73. The zero-order valence-electron chi connectivity index (χ0n) is 6.38. The normalized spacial score (nSPS) is 10.6. The Kier molecular flexibility index (Phi) is 2.71. The van der Waals surface area contributed by atoms with E-state index in [9.17, 15) is 4.79 Å². The molecule has 66 valence electrons. The number of hydrogen-bond donors (Lipinski definition) is 0. The van der Waals surface area contributed by atoms with Gasteiger partial charge in [-0.25, -0.2) is 0 Å². The molecule has 0 saturated carbocycles. The molecule has 13 heavy (non-hydrogen) atoms. The summed E-state index contributed by atoms with van der Waals surface area (Å²) >= 11 is 7.51. The van der Waals surface area contributed by atoms with Crippen LogP contribution in [-0.2, 0) is 0 Å². The Labute approximate surface area is 101 Å². The van der Waals surface area contributed by atoms with Crippen LogP contribution < -0.4 is 0 Å². The van der Waals surface area contributed by atoms with Gasteiger partial charge in [-0.1, -0.05) is 6.07 Å². The maximum atomic E-state index is 10.6. The number of aldehydes is 1. The molecule has 0 aliphatic heterocycles. The minimum Gasteiger partial charge on any atom is -0.298 e. The Balaban J connectivity index is 2.81. The first-order valence-corrected chi connectivity index (χ1v) is 6.24. The SMILES string of the molecule is O=Cc1ccc2sc(I)c(Br)c2c1. The Morgan fingerprint density at radius 1 is 1.46 bits per heavy atom. The summed E-state index contributed by atoms with van der Waals surface area (Å²) in [7, 11) is 0. The van der Waals surface area contributed by atoms with Crippen molar-refractivity contribution >= 4 is 66.2 Å². The lowest BCUT2D eigenvalue weighted by atomic mass is 10.2. The minimum absolute atomic E-state index is 0.724. The van der Waals surface area contributed by atoms with Gasteiger partial charge in [-0.2, -0.15) is 0 Å². The van der Waals surface area contributed by atoms with Crippen LogP contribution >= 0.6 is 49.9 Å². The summed E-state index contributed by atoms with van der Waals surface area (Å²) in [5.41, 5.74) is 0.724. The van der Waals surface area contributed by atoms with Gasteiger partial charge in [-0.05, 0) is 50.7 Å². The lowest BCUT2D eigenvalue weighted by Crippen LogP contribution is -1.76. The van der Waals surface area contributed by atoms with Crippen LogP contribution in [0, 0.1) is 2.88 Å². The molecule has 1 aromatic carbocycles. The molecule has 0 aliphatic carbocycles. The summed E-state index contributed by atoms with van der Waals surface area (Å²) in [4.78, 5) is 10.6. The lowest BCUT2D eigenvalue weighted by Gasteiger charge is -1.91. The fourth-order valence-electron chi connectivity index (χ4n) is 1.13. The molecule has 0 bridgehead atoms. The molecule has 1 nitrogen and oxygen atoms in total. The van der Waals surface area contributed by atoms with Crippen LogP contribution in [0.5, 0.6) is 0 Å². The first-order valence-electron chi connectivity index (χ1n) is 3.55. The number of hydrogen-bond acceptors (Lipinski definition) is 2. The van der Waals surface area contributed by atoms with Gasteiger partial charge in [-0.15, -0.1) is 11.3 Å². The third-order valence-electron chi connectivity index (χ3n) is 1.75. The molecule has 0 fully saturated rings. The van der Waals surface area contributed by atoms with Crippen LogP contribution in [0.25, 0.3) is 10.1 Å². The number of carbonyl (C=O) groups excluding carboxylic acids is 1. The maximum Gasteiger partial charge on any atom is 0.150 e. The summed E-state index contributed by atoms with van der Waals surface area (Å²) in [6, 6.07) is 5.73. The molecule has 2 rings (SSSR count). The zero-order chi connectivity index (χ0) is 9.42. The molecule has 1 aromatic heterocycles. The second-order valence-electron chi connectivity index (χ2n) is 2.56. The summed E-state index contributed by atoms with van der Waals surface area (Å²) in [5.74, 6) is 0. The predicted octanol–water partition coefficient (Wildman–Crippen LogP) is 4.08. The number of rotatable bonds is 1. The molecular weight excluding hydrogens is 363 g/mol. The molecule has 0 unspecified atom stereocenters. The van der Waals surface area contributed by atoms with Crippen LogP contribution in [0.3, 0.4) is 0 Å². The quantitative estimate of drug-likeness (QED) is 0.549. The molecule has 0 atom stereocenters. The highest BCUT2D eigenvalue weighted by Gasteiger charge is 2.07. The van der Waals surface area contributed by atoms with Gasteiger partial charge in [-0.3, -0.25) is 4.79 Å². The number of benzene rings is 1. The second kappa shape index (κ2) is 3.67. The van der Waals surface area contributed by atoms with Gasteiger partial charge in [0.15, 0.2) is 0 Å². The van der Waals surface area contributed by atoms with E-state index in [1.165, 1.54) is 7.58 Å². The second-order valence-corrected chi connectivity index (χ2v) is 6.22. The van der Waals surface area contributed by atoms with Crippen LogP contribution in [0.4, 0.5) is 0 Å². The van der Waals surface area contributed by atoms with Crippen molar-refractivity contribution in [3.05, 3.63) is 31.1 Å². The average molecular weight is 367 g/mol. The van der Waals surface area contributed by atoms with Gasteiger partial charge < -0.3 is 0 Å². The van der Waals surface area contributed by atoms with Gasteiger partial charge in [0, 0.05) is 20.1 Å². The van der Waals surface area contributed by atoms with Crippen molar-refractivity contribution in [2.24, 2.45) is 0 Å². The van der Waals surface area contributed by atoms with E-state index in [1.54, 1.807) is 11.3 Å². The summed E-state index contributed by atoms with van der Waals surface area (Å²) < 4.78 is 3.52. The van der Waals surface area contributed by atoms with Crippen LogP contribution in [0.2, 0.25) is 0 Å². The van der Waals surface area contributed by atoms with Gasteiger partial charge in [0.1, 0.15) is 6.29 Å².